The van der Waals surface area contributed by atoms with Gasteiger partial charge in [-0.25, -0.2) is 4.79 Å². The van der Waals surface area contributed by atoms with Crippen molar-refractivity contribution < 1.29 is 24.2 Å². The number of hydrogen-bond acceptors (Lipinski definition) is 4. The molecule has 0 saturated carbocycles. The molecule has 2 aromatic carbocycles. The van der Waals surface area contributed by atoms with Crippen LogP contribution < -0.4 is 15.4 Å². The summed E-state index contributed by atoms with van der Waals surface area (Å²) in [4.78, 5) is 36.2. The van der Waals surface area contributed by atoms with E-state index < -0.39 is 24.0 Å². The summed E-state index contributed by atoms with van der Waals surface area (Å²) in [7, 11) is 0. The molecule has 1 unspecified atom stereocenters. The van der Waals surface area contributed by atoms with Crippen LogP contribution in [-0.2, 0) is 16.0 Å². The van der Waals surface area contributed by atoms with E-state index in [0.29, 0.717) is 17.9 Å². The summed E-state index contributed by atoms with van der Waals surface area (Å²) in [6, 6.07) is 12.8. The summed E-state index contributed by atoms with van der Waals surface area (Å²) in [5, 5.41) is 14.5. The molecular weight excluding hydrogens is 360 g/mol. The highest BCUT2D eigenvalue weighted by Crippen LogP contribution is 2.28. The normalized spacial score (nSPS) is 16.0. The third-order valence-corrected chi connectivity index (χ3v) is 4.55. The van der Waals surface area contributed by atoms with Crippen LogP contribution in [0.15, 0.2) is 48.5 Å². The average Bonchev–Trinajstić information content (AvgIpc) is 3.10. The van der Waals surface area contributed by atoms with Gasteiger partial charge in [-0.3, -0.25) is 9.59 Å². The van der Waals surface area contributed by atoms with Crippen molar-refractivity contribution in [2.75, 3.05) is 5.32 Å². The van der Waals surface area contributed by atoms with Gasteiger partial charge in [0, 0.05) is 17.7 Å². The predicted octanol–water partition coefficient (Wildman–Crippen LogP) is 2.47. The maximum Gasteiger partial charge on any atom is 0.326 e. The third-order valence-electron chi connectivity index (χ3n) is 4.55. The van der Waals surface area contributed by atoms with Crippen LogP contribution in [-0.4, -0.2) is 35.0 Å². The molecule has 0 spiro atoms. The van der Waals surface area contributed by atoms with E-state index in [1.807, 2.05) is 24.3 Å². The van der Waals surface area contributed by atoms with E-state index in [0.717, 1.165) is 5.56 Å². The lowest BCUT2D eigenvalue weighted by atomic mass is 10.0. The molecule has 2 amide bonds. The molecule has 2 aromatic rings. The molecule has 7 nitrogen and oxygen atoms in total. The van der Waals surface area contributed by atoms with Crippen molar-refractivity contribution in [2.24, 2.45) is 5.92 Å². The van der Waals surface area contributed by atoms with E-state index in [4.69, 9.17) is 4.74 Å². The Balaban J connectivity index is 1.66. The van der Waals surface area contributed by atoms with Gasteiger partial charge in [0.05, 0.1) is 0 Å². The lowest BCUT2D eigenvalue weighted by molar-refractivity contribution is -0.140. The van der Waals surface area contributed by atoms with Crippen LogP contribution in [0.1, 0.15) is 29.8 Å². The van der Waals surface area contributed by atoms with Crippen LogP contribution in [0.4, 0.5) is 5.69 Å². The molecule has 28 heavy (non-hydrogen) atoms. The minimum Gasteiger partial charge on any atom is -0.480 e. The van der Waals surface area contributed by atoms with Gasteiger partial charge in [0.2, 0.25) is 0 Å². The third kappa shape index (κ3) is 4.31. The zero-order chi connectivity index (χ0) is 20.3. The van der Waals surface area contributed by atoms with Crippen molar-refractivity contribution in [2.45, 2.75) is 32.4 Å². The highest BCUT2D eigenvalue weighted by atomic mass is 16.5. The van der Waals surface area contributed by atoms with Crippen LogP contribution in [0.2, 0.25) is 0 Å². The average molecular weight is 382 g/mol. The number of ether oxygens (including phenoxy) is 1. The molecule has 0 aromatic heterocycles. The molecule has 0 radical (unpaired) electrons. The van der Waals surface area contributed by atoms with Crippen molar-refractivity contribution in [3.63, 3.8) is 0 Å². The number of rotatable bonds is 6. The Kier molecular flexibility index (Phi) is 5.63. The number of fused-ring (bicyclic) bond motifs is 1. The highest BCUT2D eigenvalue weighted by Gasteiger charge is 2.29. The Hall–Kier alpha value is -3.35. The number of amides is 2. The van der Waals surface area contributed by atoms with Gasteiger partial charge in [0.1, 0.15) is 11.8 Å². The first-order chi connectivity index (χ1) is 13.3. The first-order valence-electron chi connectivity index (χ1n) is 9.04. The smallest absolute Gasteiger partial charge is 0.326 e. The second-order valence-electron chi connectivity index (χ2n) is 7.02. The summed E-state index contributed by atoms with van der Waals surface area (Å²) >= 11 is 0. The highest BCUT2D eigenvalue weighted by molar-refractivity contribution is 5.99. The fourth-order valence-electron chi connectivity index (χ4n) is 3.03. The SMILES string of the molecule is CC(C)[C@H](NC(=O)c1cccc(NC(=O)C2Cc3ccccc3O2)c1)C(=O)O. The molecular formula is C21H22N2O5. The van der Waals surface area contributed by atoms with Gasteiger partial charge in [-0.15, -0.1) is 0 Å². The van der Waals surface area contributed by atoms with E-state index in [9.17, 15) is 19.5 Å². The number of benzene rings is 2. The molecule has 3 N–H and O–H groups in total. The molecule has 2 atom stereocenters. The van der Waals surface area contributed by atoms with Crippen molar-refractivity contribution in [1.29, 1.82) is 0 Å². The van der Waals surface area contributed by atoms with Gasteiger partial charge < -0.3 is 20.5 Å². The van der Waals surface area contributed by atoms with Crippen molar-refractivity contribution in [3.05, 3.63) is 59.7 Å². The standard InChI is InChI=1S/C21H22N2O5/c1-12(2)18(21(26)27)23-19(24)14-7-5-8-15(10-14)22-20(25)17-11-13-6-3-4-9-16(13)28-17/h3-10,12,17-18H,11H2,1-2H3,(H,22,25)(H,23,24)(H,26,27)/t17?,18-/m0/s1. The molecule has 0 saturated heterocycles. The molecule has 0 fully saturated rings. The zero-order valence-electron chi connectivity index (χ0n) is 15.6. The van der Waals surface area contributed by atoms with Crippen molar-refractivity contribution in [3.8, 4) is 5.75 Å². The molecule has 1 aliphatic rings. The number of carboxylic acid groups (broad SMARTS) is 1. The number of aliphatic carboxylic acids is 1. The fourth-order valence-corrected chi connectivity index (χ4v) is 3.03. The summed E-state index contributed by atoms with van der Waals surface area (Å²) in [6.07, 6.45) is -0.149. The monoisotopic (exact) mass is 382 g/mol. The number of para-hydroxylation sites is 1. The molecule has 1 aliphatic heterocycles. The Labute approximate surface area is 162 Å². The van der Waals surface area contributed by atoms with Gasteiger partial charge in [-0.1, -0.05) is 38.1 Å². The summed E-state index contributed by atoms with van der Waals surface area (Å²) in [5.41, 5.74) is 1.68. The lowest BCUT2D eigenvalue weighted by Crippen LogP contribution is -2.44. The van der Waals surface area contributed by atoms with Crippen molar-refractivity contribution >= 4 is 23.5 Å². The first kappa shape index (κ1) is 19.4. The van der Waals surface area contributed by atoms with E-state index in [-0.39, 0.29) is 17.4 Å². The van der Waals surface area contributed by atoms with E-state index in [2.05, 4.69) is 10.6 Å². The van der Waals surface area contributed by atoms with Crippen LogP contribution in [0, 0.1) is 5.92 Å². The number of carbonyl (C=O) groups is 3. The number of anilines is 1. The Morgan fingerprint density at radius 3 is 2.54 bits per heavy atom. The number of hydrogen-bond donors (Lipinski definition) is 3. The molecule has 1 heterocycles. The Morgan fingerprint density at radius 1 is 1.11 bits per heavy atom. The van der Waals surface area contributed by atoms with Crippen LogP contribution in [0.3, 0.4) is 0 Å². The largest absolute Gasteiger partial charge is 0.480 e. The Morgan fingerprint density at radius 2 is 1.86 bits per heavy atom. The molecule has 0 bridgehead atoms. The molecule has 0 aliphatic carbocycles. The first-order valence-corrected chi connectivity index (χ1v) is 9.04. The summed E-state index contributed by atoms with van der Waals surface area (Å²) < 4.78 is 5.67. The van der Waals surface area contributed by atoms with Gasteiger partial charge in [0.25, 0.3) is 11.8 Å². The fraction of sp³-hybridized carbons (Fsp3) is 0.286. The maximum absolute atomic E-state index is 12.5. The molecule has 146 valence electrons. The van der Waals surface area contributed by atoms with Gasteiger partial charge in [-0.05, 0) is 35.7 Å². The van der Waals surface area contributed by atoms with Gasteiger partial charge in [-0.2, -0.15) is 0 Å². The summed E-state index contributed by atoms with van der Waals surface area (Å²) in [5.74, 6) is -1.47. The van der Waals surface area contributed by atoms with Crippen molar-refractivity contribution in [1.82, 2.24) is 5.32 Å². The second-order valence-corrected chi connectivity index (χ2v) is 7.02. The van der Waals surface area contributed by atoms with E-state index in [1.165, 1.54) is 6.07 Å². The van der Waals surface area contributed by atoms with E-state index in [1.54, 1.807) is 32.0 Å². The maximum atomic E-state index is 12.5. The Bertz CT molecular complexity index is 884. The zero-order valence-corrected chi connectivity index (χ0v) is 15.6. The second kappa shape index (κ2) is 8.12. The van der Waals surface area contributed by atoms with Crippen LogP contribution in [0.5, 0.6) is 5.75 Å². The van der Waals surface area contributed by atoms with Gasteiger partial charge >= 0.3 is 5.97 Å². The van der Waals surface area contributed by atoms with Crippen LogP contribution in [0.25, 0.3) is 0 Å². The van der Waals surface area contributed by atoms with Gasteiger partial charge in [0.15, 0.2) is 6.10 Å². The predicted molar refractivity (Wildman–Crippen MR) is 103 cm³/mol. The number of carbonyl (C=O) groups excluding carboxylic acids is 2. The minimum atomic E-state index is -1.09. The number of nitrogens with one attached hydrogen (secondary N) is 2. The van der Waals surface area contributed by atoms with Crippen LogP contribution >= 0.6 is 0 Å². The topological polar surface area (TPSA) is 105 Å². The molecule has 7 heteroatoms. The minimum absolute atomic E-state index is 0.259. The quantitative estimate of drug-likeness (QED) is 0.712. The summed E-state index contributed by atoms with van der Waals surface area (Å²) in [6.45, 7) is 3.44. The lowest BCUT2D eigenvalue weighted by Gasteiger charge is -2.18. The van der Waals surface area contributed by atoms with E-state index >= 15 is 0 Å². The number of carboxylic acids is 1. The molecule has 3 rings (SSSR count).